The Kier molecular flexibility index (Phi) is 10.5. The molecule has 0 aromatic heterocycles. The predicted molar refractivity (Wildman–Crippen MR) is 125 cm³/mol. The molecule has 2 aromatic carbocycles. The van der Waals surface area contributed by atoms with Crippen LogP contribution in [0.2, 0.25) is 0 Å². The van der Waals surface area contributed by atoms with Crippen LogP contribution in [0.25, 0.3) is 0 Å². The Bertz CT molecular complexity index is 908. The molecular formula is C20H27FIN3O3S. The van der Waals surface area contributed by atoms with Gasteiger partial charge in [0.05, 0.1) is 11.9 Å². The summed E-state index contributed by atoms with van der Waals surface area (Å²) in [6, 6.07) is 13.9. The lowest BCUT2D eigenvalue weighted by atomic mass is 10.1. The molecule has 0 saturated heterocycles. The molecule has 0 aliphatic carbocycles. The second-order valence-corrected chi connectivity index (χ2v) is 8.56. The molecule has 1 atom stereocenters. The number of halogens is 2. The van der Waals surface area contributed by atoms with E-state index in [1.165, 1.54) is 18.2 Å². The van der Waals surface area contributed by atoms with Gasteiger partial charge in [0, 0.05) is 33.5 Å². The van der Waals surface area contributed by atoms with Gasteiger partial charge in [-0.1, -0.05) is 36.4 Å². The molecule has 2 rings (SSSR count). The first kappa shape index (κ1) is 25.3. The fourth-order valence-corrected chi connectivity index (χ4v) is 3.62. The zero-order valence-electron chi connectivity index (χ0n) is 16.7. The number of aliphatic imine (C=N–C) groups is 1. The summed E-state index contributed by atoms with van der Waals surface area (Å²) < 4.78 is 42.4. The Hall–Kier alpha value is -1.72. The first-order chi connectivity index (χ1) is 13.3. The highest BCUT2D eigenvalue weighted by Crippen LogP contribution is 2.16. The van der Waals surface area contributed by atoms with Crippen molar-refractivity contribution in [1.82, 2.24) is 10.6 Å². The molecule has 0 bridgehead atoms. The maximum absolute atomic E-state index is 13.6. The molecule has 160 valence electrons. The summed E-state index contributed by atoms with van der Waals surface area (Å²) in [5.41, 5.74) is 2.17. The number of ether oxygens (including phenoxy) is 1. The van der Waals surface area contributed by atoms with Crippen LogP contribution in [-0.4, -0.2) is 41.3 Å². The van der Waals surface area contributed by atoms with Crippen LogP contribution >= 0.6 is 24.0 Å². The summed E-state index contributed by atoms with van der Waals surface area (Å²) >= 11 is 0. The highest BCUT2D eigenvalue weighted by atomic mass is 127. The van der Waals surface area contributed by atoms with E-state index in [0.29, 0.717) is 23.6 Å². The quantitative estimate of drug-likeness (QED) is 0.309. The number of rotatable bonds is 8. The average molecular weight is 535 g/mol. The fourth-order valence-electron chi connectivity index (χ4n) is 2.78. The minimum Gasteiger partial charge on any atom is -0.375 e. The zero-order chi connectivity index (χ0) is 20.6. The number of nitrogens with zero attached hydrogens (tertiary/aromatic N) is 1. The Labute approximate surface area is 188 Å². The first-order valence-electron chi connectivity index (χ1n) is 8.79. The van der Waals surface area contributed by atoms with Gasteiger partial charge in [-0.25, -0.2) is 12.8 Å². The van der Waals surface area contributed by atoms with E-state index in [4.69, 9.17) is 4.74 Å². The lowest BCUT2D eigenvalue weighted by Gasteiger charge is -2.19. The molecule has 0 aliphatic heterocycles. The minimum absolute atomic E-state index is 0. The van der Waals surface area contributed by atoms with Gasteiger partial charge in [0.15, 0.2) is 15.8 Å². The number of hydrogen-bond donors (Lipinski definition) is 2. The van der Waals surface area contributed by atoms with E-state index >= 15 is 0 Å². The maximum Gasteiger partial charge on any atom is 0.191 e. The van der Waals surface area contributed by atoms with Crippen molar-refractivity contribution in [2.45, 2.75) is 18.4 Å². The summed E-state index contributed by atoms with van der Waals surface area (Å²) in [7, 11) is 0.0415. The molecular weight excluding hydrogens is 508 g/mol. The molecule has 0 heterocycles. The number of nitrogens with one attached hydrogen (secondary N) is 2. The minimum atomic E-state index is -3.22. The molecule has 0 amide bonds. The van der Waals surface area contributed by atoms with Gasteiger partial charge in [0.2, 0.25) is 0 Å². The Morgan fingerprint density at radius 2 is 1.83 bits per heavy atom. The van der Waals surface area contributed by atoms with Crippen molar-refractivity contribution in [2.24, 2.45) is 4.99 Å². The highest BCUT2D eigenvalue weighted by molar-refractivity contribution is 14.0. The molecule has 0 spiro atoms. The molecule has 6 nitrogen and oxygen atoms in total. The van der Waals surface area contributed by atoms with E-state index in [2.05, 4.69) is 15.6 Å². The summed E-state index contributed by atoms with van der Waals surface area (Å²) in [4.78, 5) is 4.16. The Balaban J connectivity index is 0.00000420. The normalized spacial score (nSPS) is 12.8. The third-order valence-electron chi connectivity index (χ3n) is 4.17. The van der Waals surface area contributed by atoms with Crippen LogP contribution in [-0.2, 0) is 26.9 Å². The van der Waals surface area contributed by atoms with E-state index < -0.39 is 15.7 Å². The zero-order valence-corrected chi connectivity index (χ0v) is 19.8. The lowest BCUT2D eigenvalue weighted by Crippen LogP contribution is -2.39. The monoisotopic (exact) mass is 535 g/mol. The van der Waals surface area contributed by atoms with Gasteiger partial charge in [-0.2, -0.15) is 0 Å². The molecule has 0 fully saturated rings. The van der Waals surface area contributed by atoms with Gasteiger partial charge in [0.25, 0.3) is 0 Å². The molecule has 9 heteroatoms. The smallest absolute Gasteiger partial charge is 0.191 e. The van der Waals surface area contributed by atoms with Crippen LogP contribution in [0.1, 0.15) is 22.8 Å². The number of hydrogen-bond acceptors (Lipinski definition) is 4. The van der Waals surface area contributed by atoms with Gasteiger partial charge in [-0.3, -0.25) is 4.99 Å². The molecule has 1 unspecified atom stereocenters. The third-order valence-corrected chi connectivity index (χ3v) is 5.00. The highest BCUT2D eigenvalue weighted by Gasteiger charge is 2.13. The van der Waals surface area contributed by atoms with Crippen LogP contribution in [0, 0.1) is 5.82 Å². The lowest BCUT2D eigenvalue weighted by molar-refractivity contribution is 0.106. The van der Waals surface area contributed by atoms with Crippen molar-refractivity contribution < 1.29 is 17.5 Å². The van der Waals surface area contributed by atoms with Crippen molar-refractivity contribution in [2.75, 3.05) is 27.0 Å². The number of methoxy groups -OCH3 is 1. The van der Waals surface area contributed by atoms with Gasteiger partial charge >= 0.3 is 0 Å². The molecule has 2 N–H and O–H groups in total. The fraction of sp³-hybridized carbons (Fsp3) is 0.350. The van der Waals surface area contributed by atoms with Gasteiger partial charge < -0.3 is 15.4 Å². The van der Waals surface area contributed by atoms with E-state index in [-0.39, 0.29) is 42.4 Å². The second kappa shape index (κ2) is 12.1. The molecule has 0 aliphatic rings. The van der Waals surface area contributed by atoms with Gasteiger partial charge in [0.1, 0.15) is 5.82 Å². The standard InChI is InChI=1S/C20H26FN3O3S.HI/c1-22-20(24-13-19(27-2)15-7-5-4-6-8-15)23-12-17-11-18(21)10-9-16(17)14-28(3,25)26;/h4-11,19H,12-14H2,1-3H3,(H2,22,23,24);1H. The summed E-state index contributed by atoms with van der Waals surface area (Å²) in [5.74, 6) is -0.0520. The second-order valence-electron chi connectivity index (χ2n) is 6.42. The maximum atomic E-state index is 13.6. The Morgan fingerprint density at radius 3 is 2.41 bits per heavy atom. The van der Waals surface area contributed by atoms with Crippen LogP contribution in [0.3, 0.4) is 0 Å². The number of guanidine groups is 1. The van der Waals surface area contributed by atoms with E-state index in [1.54, 1.807) is 14.2 Å². The van der Waals surface area contributed by atoms with Crippen LogP contribution < -0.4 is 10.6 Å². The van der Waals surface area contributed by atoms with Crippen molar-refractivity contribution >= 4 is 39.8 Å². The van der Waals surface area contributed by atoms with Crippen LogP contribution in [0.15, 0.2) is 53.5 Å². The third kappa shape index (κ3) is 8.67. The van der Waals surface area contributed by atoms with E-state index in [1.807, 2.05) is 30.3 Å². The van der Waals surface area contributed by atoms with Crippen LogP contribution in [0.4, 0.5) is 4.39 Å². The van der Waals surface area contributed by atoms with Crippen molar-refractivity contribution in [1.29, 1.82) is 0 Å². The summed E-state index contributed by atoms with van der Waals surface area (Å²) in [5, 5.41) is 6.27. The molecule has 29 heavy (non-hydrogen) atoms. The van der Waals surface area contributed by atoms with Crippen LogP contribution in [0.5, 0.6) is 0 Å². The molecule has 2 aromatic rings. The van der Waals surface area contributed by atoms with E-state index in [9.17, 15) is 12.8 Å². The van der Waals surface area contributed by atoms with Gasteiger partial charge in [-0.05, 0) is 28.8 Å². The van der Waals surface area contributed by atoms with Crippen molar-refractivity contribution in [3.63, 3.8) is 0 Å². The summed E-state index contributed by atoms with van der Waals surface area (Å²) in [6.07, 6.45) is 0.998. The molecule has 0 saturated carbocycles. The SMILES string of the molecule is CN=C(NCc1cc(F)ccc1CS(C)(=O)=O)NCC(OC)c1ccccc1.I. The first-order valence-corrected chi connectivity index (χ1v) is 10.9. The largest absolute Gasteiger partial charge is 0.375 e. The predicted octanol–water partition coefficient (Wildman–Crippen LogP) is 3.04. The topological polar surface area (TPSA) is 79.8 Å². The Morgan fingerprint density at radius 1 is 1.14 bits per heavy atom. The summed E-state index contributed by atoms with van der Waals surface area (Å²) in [6.45, 7) is 0.727. The number of sulfone groups is 1. The van der Waals surface area contributed by atoms with Crippen molar-refractivity contribution in [3.8, 4) is 0 Å². The molecule has 0 radical (unpaired) electrons. The van der Waals surface area contributed by atoms with Crippen molar-refractivity contribution in [3.05, 3.63) is 71.0 Å². The van der Waals surface area contributed by atoms with E-state index in [0.717, 1.165) is 11.8 Å². The van der Waals surface area contributed by atoms with Gasteiger partial charge in [-0.15, -0.1) is 24.0 Å². The number of benzene rings is 2. The average Bonchev–Trinajstić information content (AvgIpc) is 2.66.